The number of benzene rings is 1. The third-order valence-corrected chi connectivity index (χ3v) is 4.31. The second-order valence-electron chi connectivity index (χ2n) is 5.60. The largest absolute Gasteiger partial charge is 0.496 e. The number of ether oxygens (including phenoxy) is 1. The smallest absolute Gasteiger partial charge is 0.255 e. The second kappa shape index (κ2) is 8.06. The van der Waals surface area contributed by atoms with E-state index in [9.17, 15) is 9.59 Å². The van der Waals surface area contributed by atoms with Crippen molar-refractivity contribution in [2.45, 2.75) is 25.7 Å². The number of halogens is 1. The number of anilines is 1. The SMILES string of the molecule is COc1cc(N)c(Cl)cc1C(=O)NCCCNC(=O)C1CCC1. The number of rotatable bonds is 7. The number of hydrogen-bond acceptors (Lipinski definition) is 4. The van der Waals surface area contributed by atoms with E-state index < -0.39 is 0 Å². The van der Waals surface area contributed by atoms with Gasteiger partial charge in [-0.1, -0.05) is 18.0 Å². The maximum absolute atomic E-state index is 12.2. The molecule has 23 heavy (non-hydrogen) atoms. The maximum atomic E-state index is 12.2. The Kier molecular flexibility index (Phi) is 6.10. The van der Waals surface area contributed by atoms with Crippen LogP contribution in [0, 0.1) is 5.92 Å². The monoisotopic (exact) mass is 339 g/mol. The summed E-state index contributed by atoms with van der Waals surface area (Å²) in [5.41, 5.74) is 6.39. The summed E-state index contributed by atoms with van der Waals surface area (Å²) < 4.78 is 5.15. The van der Waals surface area contributed by atoms with Crippen molar-refractivity contribution >= 4 is 29.1 Å². The molecule has 2 rings (SSSR count). The van der Waals surface area contributed by atoms with E-state index in [0.717, 1.165) is 19.3 Å². The van der Waals surface area contributed by atoms with Gasteiger partial charge >= 0.3 is 0 Å². The lowest BCUT2D eigenvalue weighted by atomic mass is 9.85. The number of carbonyl (C=O) groups is 2. The van der Waals surface area contributed by atoms with Gasteiger partial charge in [-0.05, 0) is 25.3 Å². The molecule has 126 valence electrons. The normalized spacial score (nSPS) is 14.0. The first-order valence-corrected chi connectivity index (χ1v) is 8.09. The zero-order valence-corrected chi connectivity index (χ0v) is 13.9. The lowest BCUT2D eigenvalue weighted by molar-refractivity contribution is -0.127. The fraction of sp³-hybridized carbons (Fsp3) is 0.500. The molecule has 0 radical (unpaired) electrons. The van der Waals surface area contributed by atoms with Gasteiger partial charge in [-0.3, -0.25) is 9.59 Å². The van der Waals surface area contributed by atoms with Gasteiger partial charge in [-0.2, -0.15) is 0 Å². The van der Waals surface area contributed by atoms with E-state index in [-0.39, 0.29) is 17.7 Å². The number of amides is 2. The van der Waals surface area contributed by atoms with Gasteiger partial charge in [0.05, 0.1) is 23.4 Å². The zero-order chi connectivity index (χ0) is 16.8. The van der Waals surface area contributed by atoms with Crippen LogP contribution in [0.25, 0.3) is 0 Å². The van der Waals surface area contributed by atoms with Crippen LogP contribution in [0.15, 0.2) is 12.1 Å². The molecule has 0 heterocycles. The molecule has 1 aliphatic carbocycles. The lowest BCUT2D eigenvalue weighted by Crippen LogP contribution is -2.36. The lowest BCUT2D eigenvalue weighted by Gasteiger charge is -2.24. The molecule has 0 spiro atoms. The van der Waals surface area contributed by atoms with Crippen molar-refractivity contribution in [3.05, 3.63) is 22.7 Å². The quantitative estimate of drug-likeness (QED) is 0.523. The second-order valence-corrected chi connectivity index (χ2v) is 6.01. The molecule has 0 saturated heterocycles. The third-order valence-electron chi connectivity index (χ3n) is 3.98. The topological polar surface area (TPSA) is 93.4 Å². The first-order valence-electron chi connectivity index (χ1n) is 7.72. The minimum absolute atomic E-state index is 0.120. The van der Waals surface area contributed by atoms with Crippen LogP contribution in [0.3, 0.4) is 0 Å². The van der Waals surface area contributed by atoms with Gasteiger partial charge in [-0.25, -0.2) is 0 Å². The van der Waals surface area contributed by atoms with Crippen LogP contribution in [0.1, 0.15) is 36.0 Å². The molecule has 1 aliphatic rings. The number of hydrogen-bond donors (Lipinski definition) is 3. The highest BCUT2D eigenvalue weighted by molar-refractivity contribution is 6.33. The van der Waals surface area contributed by atoms with Crippen molar-refractivity contribution in [1.82, 2.24) is 10.6 Å². The van der Waals surface area contributed by atoms with Gasteiger partial charge in [0.25, 0.3) is 5.91 Å². The highest BCUT2D eigenvalue weighted by Crippen LogP contribution is 2.28. The highest BCUT2D eigenvalue weighted by atomic mass is 35.5. The summed E-state index contributed by atoms with van der Waals surface area (Å²) in [7, 11) is 1.47. The van der Waals surface area contributed by atoms with Crippen molar-refractivity contribution in [2.24, 2.45) is 5.92 Å². The summed E-state index contributed by atoms with van der Waals surface area (Å²) in [5.74, 6) is 0.400. The molecule has 0 atom stereocenters. The molecule has 1 saturated carbocycles. The van der Waals surface area contributed by atoms with Crippen LogP contribution in [-0.4, -0.2) is 32.0 Å². The number of nitrogen functional groups attached to an aromatic ring is 1. The Morgan fingerprint density at radius 2 is 2.00 bits per heavy atom. The van der Waals surface area contributed by atoms with E-state index in [2.05, 4.69) is 10.6 Å². The molecule has 0 bridgehead atoms. The molecule has 7 heteroatoms. The van der Waals surface area contributed by atoms with E-state index in [1.165, 1.54) is 19.2 Å². The van der Waals surface area contributed by atoms with Gasteiger partial charge < -0.3 is 21.1 Å². The number of nitrogens with one attached hydrogen (secondary N) is 2. The van der Waals surface area contributed by atoms with Crippen LogP contribution in [0.4, 0.5) is 5.69 Å². The molecule has 1 fully saturated rings. The van der Waals surface area contributed by atoms with Crippen molar-refractivity contribution in [3.63, 3.8) is 0 Å². The standard InChI is InChI=1S/C16H22ClN3O3/c1-23-14-9-13(18)12(17)8-11(14)16(22)20-7-3-6-19-15(21)10-4-2-5-10/h8-10H,2-7,18H2,1H3,(H,19,21)(H,20,22). The Balaban J connectivity index is 1.76. The highest BCUT2D eigenvalue weighted by Gasteiger charge is 2.24. The zero-order valence-electron chi connectivity index (χ0n) is 13.2. The Morgan fingerprint density at radius 1 is 1.30 bits per heavy atom. The molecule has 6 nitrogen and oxygen atoms in total. The summed E-state index contributed by atoms with van der Waals surface area (Å²) in [6, 6.07) is 3.01. The number of carbonyl (C=O) groups excluding carboxylic acids is 2. The Labute approximate surface area is 140 Å². The summed E-state index contributed by atoms with van der Waals surface area (Å²) in [6.07, 6.45) is 3.77. The summed E-state index contributed by atoms with van der Waals surface area (Å²) in [5, 5.41) is 5.98. The Morgan fingerprint density at radius 3 is 2.61 bits per heavy atom. The van der Waals surface area contributed by atoms with E-state index in [0.29, 0.717) is 41.5 Å². The predicted molar refractivity (Wildman–Crippen MR) is 89.7 cm³/mol. The van der Waals surface area contributed by atoms with Crippen LogP contribution >= 0.6 is 11.6 Å². The molecular weight excluding hydrogens is 318 g/mol. The van der Waals surface area contributed by atoms with Gasteiger partial charge in [0.15, 0.2) is 0 Å². The fourth-order valence-electron chi connectivity index (χ4n) is 2.33. The van der Waals surface area contributed by atoms with Crippen molar-refractivity contribution in [3.8, 4) is 5.75 Å². The van der Waals surface area contributed by atoms with Crippen LogP contribution in [0.2, 0.25) is 5.02 Å². The molecule has 1 aromatic rings. The average molecular weight is 340 g/mol. The predicted octanol–water partition coefficient (Wildman–Crippen LogP) is 1.97. The number of nitrogens with two attached hydrogens (primary N) is 1. The van der Waals surface area contributed by atoms with E-state index in [1.807, 2.05) is 0 Å². The molecule has 4 N–H and O–H groups in total. The van der Waals surface area contributed by atoms with Gasteiger partial charge in [0.1, 0.15) is 5.75 Å². The van der Waals surface area contributed by atoms with Crippen molar-refractivity contribution < 1.29 is 14.3 Å². The Hall–Kier alpha value is -1.95. The number of methoxy groups -OCH3 is 1. The maximum Gasteiger partial charge on any atom is 0.255 e. The van der Waals surface area contributed by atoms with Gasteiger partial charge in [0, 0.05) is 25.1 Å². The average Bonchev–Trinajstić information content (AvgIpc) is 2.47. The minimum atomic E-state index is -0.283. The Bertz CT molecular complexity index is 588. The summed E-state index contributed by atoms with van der Waals surface area (Å²) in [6.45, 7) is 1.00. The molecule has 1 aromatic carbocycles. The van der Waals surface area contributed by atoms with Gasteiger partial charge in [-0.15, -0.1) is 0 Å². The van der Waals surface area contributed by atoms with Gasteiger partial charge in [0.2, 0.25) is 5.91 Å². The first kappa shape index (κ1) is 17.4. The summed E-state index contributed by atoms with van der Waals surface area (Å²) >= 11 is 5.95. The first-order chi connectivity index (χ1) is 11.0. The van der Waals surface area contributed by atoms with E-state index in [4.69, 9.17) is 22.1 Å². The third kappa shape index (κ3) is 4.51. The molecule has 2 amide bonds. The molecule has 0 aliphatic heterocycles. The van der Waals surface area contributed by atoms with E-state index in [1.54, 1.807) is 0 Å². The van der Waals surface area contributed by atoms with Crippen molar-refractivity contribution in [2.75, 3.05) is 25.9 Å². The van der Waals surface area contributed by atoms with E-state index >= 15 is 0 Å². The molecule has 0 aromatic heterocycles. The molecular formula is C16H22ClN3O3. The van der Waals surface area contributed by atoms with Crippen molar-refractivity contribution in [1.29, 1.82) is 0 Å². The van der Waals surface area contributed by atoms with Crippen LogP contribution in [-0.2, 0) is 4.79 Å². The summed E-state index contributed by atoms with van der Waals surface area (Å²) in [4.78, 5) is 23.8. The minimum Gasteiger partial charge on any atom is -0.496 e. The molecule has 0 unspecified atom stereocenters. The van der Waals surface area contributed by atoms with Crippen LogP contribution in [0.5, 0.6) is 5.75 Å². The van der Waals surface area contributed by atoms with Crippen LogP contribution < -0.4 is 21.1 Å². The fourth-order valence-corrected chi connectivity index (χ4v) is 2.49.